The van der Waals surface area contributed by atoms with Gasteiger partial charge in [0.25, 0.3) is 0 Å². The summed E-state index contributed by atoms with van der Waals surface area (Å²) >= 11 is 1.65. The summed E-state index contributed by atoms with van der Waals surface area (Å²) in [7, 11) is 1.65. The number of anilines is 2. The largest absolute Gasteiger partial charge is 0.378 e. The highest BCUT2D eigenvalue weighted by Crippen LogP contribution is 2.35. The molecule has 0 aromatic heterocycles. The molecule has 0 spiro atoms. The summed E-state index contributed by atoms with van der Waals surface area (Å²) in [6.45, 7) is 4.72. The van der Waals surface area contributed by atoms with E-state index in [0.29, 0.717) is 44.1 Å². The van der Waals surface area contributed by atoms with Gasteiger partial charge in [0.1, 0.15) is 5.82 Å². The zero-order chi connectivity index (χ0) is 15.2. The van der Waals surface area contributed by atoms with Crippen molar-refractivity contribution in [1.29, 1.82) is 0 Å². The van der Waals surface area contributed by atoms with E-state index in [-0.39, 0.29) is 5.82 Å². The van der Waals surface area contributed by atoms with Crippen LogP contribution in [-0.2, 0) is 9.53 Å². The first-order chi connectivity index (χ1) is 10.2. The van der Waals surface area contributed by atoms with Gasteiger partial charge in [-0.3, -0.25) is 4.79 Å². The Morgan fingerprint density at radius 3 is 2.76 bits per heavy atom. The molecule has 116 valence electrons. The van der Waals surface area contributed by atoms with Gasteiger partial charge >= 0.3 is 0 Å². The van der Waals surface area contributed by atoms with E-state index in [1.807, 2.05) is 11.0 Å². The molecule has 1 aliphatic heterocycles. The molecule has 0 bridgehead atoms. The van der Waals surface area contributed by atoms with Crippen LogP contribution in [0.25, 0.3) is 0 Å². The minimum Gasteiger partial charge on any atom is -0.378 e. The minimum atomic E-state index is -0.290. The van der Waals surface area contributed by atoms with Crippen molar-refractivity contribution < 1.29 is 13.9 Å². The van der Waals surface area contributed by atoms with Gasteiger partial charge in [-0.05, 0) is 18.2 Å². The monoisotopic (exact) mass is 312 g/mol. The molecule has 1 amide bonds. The smallest absolute Gasteiger partial charge is 0.213 e. The van der Waals surface area contributed by atoms with Crippen molar-refractivity contribution in [2.24, 2.45) is 0 Å². The van der Waals surface area contributed by atoms with Crippen molar-refractivity contribution in [3.63, 3.8) is 0 Å². The molecule has 1 saturated heterocycles. The lowest BCUT2D eigenvalue weighted by Gasteiger charge is -2.30. The zero-order valence-electron chi connectivity index (χ0n) is 12.5. The number of ether oxygens (including phenoxy) is 1. The number of halogens is 1. The topological polar surface area (TPSA) is 32.8 Å². The maximum atomic E-state index is 14.4. The summed E-state index contributed by atoms with van der Waals surface area (Å²) in [5.41, 5.74) is 1.22. The van der Waals surface area contributed by atoms with Gasteiger partial charge in [-0.1, -0.05) is 6.92 Å². The molecular weight excluding hydrogens is 291 g/mol. The summed E-state index contributed by atoms with van der Waals surface area (Å²) in [5.74, 6) is 0.648. The maximum absolute atomic E-state index is 14.4. The zero-order valence-corrected chi connectivity index (χ0v) is 13.3. The van der Waals surface area contributed by atoms with Gasteiger partial charge in [-0.25, -0.2) is 4.39 Å². The van der Waals surface area contributed by atoms with Gasteiger partial charge in [0.2, 0.25) is 6.41 Å². The van der Waals surface area contributed by atoms with E-state index in [1.54, 1.807) is 18.8 Å². The Morgan fingerprint density at radius 2 is 2.14 bits per heavy atom. The predicted octanol–water partition coefficient (Wildman–Crippen LogP) is 2.76. The van der Waals surface area contributed by atoms with E-state index >= 15 is 0 Å². The maximum Gasteiger partial charge on any atom is 0.213 e. The number of rotatable bonds is 6. The molecule has 0 unspecified atom stereocenters. The van der Waals surface area contributed by atoms with Gasteiger partial charge in [0.05, 0.1) is 24.6 Å². The number of nitrogens with zero attached hydrogens (tertiary/aromatic N) is 2. The number of hydrogen-bond donors (Lipinski definition) is 0. The third-order valence-electron chi connectivity index (χ3n) is 3.38. The lowest BCUT2D eigenvalue weighted by molar-refractivity contribution is -0.107. The minimum absolute atomic E-state index is 0.290. The summed E-state index contributed by atoms with van der Waals surface area (Å²) in [5, 5.41) is 0. The summed E-state index contributed by atoms with van der Waals surface area (Å²) < 4.78 is 19.7. The predicted molar refractivity (Wildman–Crippen MR) is 84.9 cm³/mol. The van der Waals surface area contributed by atoms with Crippen molar-refractivity contribution in [3.8, 4) is 0 Å². The van der Waals surface area contributed by atoms with E-state index < -0.39 is 0 Å². The molecular formula is C15H21FN2O2S. The van der Waals surface area contributed by atoms with Gasteiger partial charge in [0, 0.05) is 31.1 Å². The van der Waals surface area contributed by atoms with Crippen LogP contribution in [-0.4, -0.2) is 45.5 Å². The van der Waals surface area contributed by atoms with Crippen LogP contribution in [0.4, 0.5) is 15.8 Å². The number of benzene rings is 1. The highest BCUT2D eigenvalue weighted by Gasteiger charge is 2.19. The number of thioether (sulfide) groups is 1. The third-order valence-corrected chi connectivity index (χ3v) is 4.63. The quantitative estimate of drug-likeness (QED) is 0.597. The van der Waals surface area contributed by atoms with Crippen LogP contribution in [0.2, 0.25) is 0 Å². The lowest BCUT2D eigenvalue weighted by atomic mass is 10.2. The van der Waals surface area contributed by atoms with Gasteiger partial charge < -0.3 is 14.5 Å². The molecule has 1 aromatic carbocycles. The molecule has 0 atom stereocenters. The number of carbonyl (C=O) groups is 1. The second-order valence-electron chi connectivity index (χ2n) is 4.94. The van der Waals surface area contributed by atoms with Crippen molar-refractivity contribution in [1.82, 2.24) is 0 Å². The molecule has 0 N–H and O–H groups in total. The molecule has 0 radical (unpaired) electrons. The fourth-order valence-electron chi connectivity index (χ4n) is 2.24. The Morgan fingerprint density at radius 1 is 1.43 bits per heavy atom. The van der Waals surface area contributed by atoms with Crippen LogP contribution in [0.3, 0.4) is 0 Å². The molecule has 4 nitrogen and oxygen atoms in total. The Balaban J connectivity index is 2.35. The fraction of sp³-hybridized carbons (Fsp3) is 0.533. The van der Waals surface area contributed by atoms with Crippen LogP contribution in [0.15, 0.2) is 17.0 Å². The number of carbonyl (C=O) groups excluding carboxylic acids is 1. The molecule has 1 aliphatic rings. The van der Waals surface area contributed by atoms with E-state index in [2.05, 4.69) is 6.92 Å². The van der Waals surface area contributed by atoms with Gasteiger partial charge in [-0.2, -0.15) is 0 Å². The van der Waals surface area contributed by atoms with Crippen LogP contribution >= 0.6 is 11.8 Å². The molecule has 0 aliphatic carbocycles. The van der Waals surface area contributed by atoms with Crippen LogP contribution in [0.1, 0.15) is 13.3 Å². The van der Waals surface area contributed by atoms with Crippen molar-refractivity contribution >= 4 is 29.5 Å². The highest BCUT2D eigenvalue weighted by atomic mass is 32.2. The Kier molecular flexibility index (Phi) is 5.87. The average molecular weight is 312 g/mol. The summed E-state index contributed by atoms with van der Waals surface area (Å²) in [6, 6.07) is 3.31. The van der Waals surface area contributed by atoms with Crippen molar-refractivity contribution in [3.05, 3.63) is 17.9 Å². The van der Waals surface area contributed by atoms with E-state index in [0.717, 1.165) is 17.1 Å². The third kappa shape index (κ3) is 3.89. The molecule has 2 rings (SSSR count). The normalized spacial score (nSPS) is 15.1. The Labute approximate surface area is 129 Å². The van der Waals surface area contributed by atoms with E-state index in [9.17, 15) is 9.18 Å². The lowest BCUT2D eigenvalue weighted by Crippen LogP contribution is -2.36. The first kappa shape index (κ1) is 16.1. The summed E-state index contributed by atoms with van der Waals surface area (Å²) in [4.78, 5) is 15.4. The van der Waals surface area contributed by atoms with Crippen molar-refractivity contribution in [2.75, 3.05) is 48.9 Å². The Bertz CT molecular complexity index is 493. The molecule has 1 fully saturated rings. The second kappa shape index (κ2) is 7.66. The first-order valence-corrected chi connectivity index (χ1v) is 8.13. The van der Waals surface area contributed by atoms with Crippen LogP contribution in [0, 0.1) is 5.82 Å². The van der Waals surface area contributed by atoms with E-state index in [1.165, 1.54) is 11.0 Å². The molecule has 1 heterocycles. The molecule has 1 aromatic rings. The Hall–Kier alpha value is -1.27. The number of amides is 1. The number of morpholine rings is 1. The molecule has 0 saturated carbocycles. The first-order valence-electron chi connectivity index (χ1n) is 7.14. The number of hydrogen-bond acceptors (Lipinski definition) is 4. The van der Waals surface area contributed by atoms with Gasteiger partial charge in [-0.15, -0.1) is 11.8 Å². The van der Waals surface area contributed by atoms with Crippen molar-refractivity contribution in [2.45, 2.75) is 18.2 Å². The SMILES string of the molecule is CCCSc1cc(N2CCOCC2)c(F)cc1N(C)C=O. The summed E-state index contributed by atoms with van der Waals surface area (Å²) in [6.07, 6.45) is 1.73. The highest BCUT2D eigenvalue weighted by molar-refractivity contribution is 7.99. The molecule has 21 heavy (non-hydrogen) atoms. The average Bonchev–Trinajstić information content (AvgIpc) is 2.53. The molecule has 6 heteroatoms. The van der Waals surface area contributed by atoms with E-state index in [4.69, 9.17) is 4.74 Å². The standard InChI is InChI=1S/C15H21FN2O2S/c1-3-8-21-15-10-13(18-4-6-20-7-5-18)12(16)9-14(15)17(2)11-19/h9-11H,3-8H2,1-2H3. The van der Waals surface area contributed by atoms with Crippen LogP contribution in [0.5, 0.6) is 0 Å². The fourth-order valence-corrected chi connectivity index (χ4v) is 3.21. The second-order valence-corrected chi connectivity index (χ2v) is 6.07. The van der Waals surface area contributed by atoms with Gasteiger partial charge in [0.15, 0.2) is 0 Å². The van der Waals surface area contributed by atoms with Crippen LogP contribution < -0.4 is 9.80 Å².